The second-order valence-electron chi connectivity index (χ2n) is 7.06. The first-order valence-corrected chi connectivity index (χ1v) is 9.40. The largest absolute Gasteiger partial charge is 0.369 e. The van der Waals surface area contributed by atoms with Gasteiger partial charge in [-0.1, -0.05) is 19.1 Å². The molecule has 0 amide bonds. The van der Waals surface area contributed by atoms with E-state index in [2.05, 4.69) is 32.6 Å². The van der Waals surface area contributed by atoms with Gasteiger partial charge >= 0.3 is 0 Å². The van der Waals surface area contributed by atoms with Crippen molar-refractivity contribution in [2.45, 2.75) is 39.2 Å². The number of pyridine rings is 1. The summed E-state index contributed by atoms with van der Waals surface area (Å²) < 4.78 is 2.28. The molecule has 3 heterocycles. The van der Waals surface area contributed by atoms with E-state index in [0.29, 0.717) is 11.6 Å². The van der Waals surface area contributed by atoms with Gasteiger partial charge in [-0.2, -0.15) is 0 Å². The number of benzene rings is 1. The molecule has 1 unspecified atom stereocenters. The van der Waals surface area contributed by atoms with Crippen LogP contribution in [0.25, 0.3) is 10.9 Å². The number of nitrogens with zero attached hydrogens (tertiary/aromatic N) is 5. The molecule has 1 saturated heterocycles. The molecule has 2 aromatic heterocycles. The van der Waals surface area contributed by atoms with Gasteiger partial charge < -0.3 is 9.47 Å². The van der Waals surface area contributed by atoms with Crippen LogP contribution in [-0.2, 0) is 6.42 Å². The summed E-state index contributed by atoms with van der Waals surface area (Å²) >= 11 is 0. The molecule has 7 heteroatoms. The summed E-state index contributed by atoms with van der Waals surface area (Å²) in [5.74, 6) is 1.10. The highest BCUT2D eigenvalue weighted by atomic mass is 16.6. The van der Waals surface area contributed by atoms with Gasteiger partial charge in [-0.05, 0) is 25.8 Å². The molecule has 1 aliphatic heterocycles. The average molecular weight is 365 g/mol. The summed E-state index contributed by atoms with van der Waals surface area (Å²) in [6.45, 7) is 5.82. The highest BCUT2D eigenvalue weighted by molar-refractivity contribution is 5.97. The summed E-state index contributed by atoms with van der Waals surface area (Å²) in [6, 6.07) is 7.61. The van der Waals surface area contributed by atoms with Crippen LogP contribution in [0.15, 0.2) is 36.7 Å². The number of anilines is 1. The number of aromatic nitrogens is 3. The Kier molecular flexibility index (Phi) is 4.51. The monoisotopic (exact) mass is 365 g/mol. The van der Waals surface area contributed by atoms with Crippen molar-refractivity contribution in [2.24, 2.45) is 0 Å². The van der Waals surface area contributed by atoms with Crippen LogP contribution in [0.2, 0.25) is 0 Å². The Labute approximate surface area is 157 Å². The summed E-state index contributed by atoms with van der Waals surface area (Å²) in [5.41, 5.74) is 2.36. The van der Waals surface area contributed by atoms with E-state index >= 15 is 0 Å². The van der Waals surface area contributed by atoms with E-state index in [1.807, 2.05) is 25.3 Å². The fourth-order valence-corrected chi connectivity index (χ4v) is 4.10. The third-order valence-corrected chi connectivity index (χ3v) is 5.32. The molecule has 0 radical (unpaired) electrons. The molecule has 0 spiro atoms. The van der Waals surface area contributed by atoms with Gasteiger partial charge in [0, 0.05) is 54.7 Å². The van der Waals surface area contributed by atoms with Crippen LogP contribution in [0.5, 0.6) is 0 Å². The lowest BCUT2D eigenvalue weighted by Crippen LogP contribution is -2.37. The Balaban J connectivity index is 1.75. The Morgan fingerprint density at radius 3 is 3.00 bits per heavy atom. The standard InChI is InChI=1S/C20H23N5O2/c1-3-19-21-9-11-24(19)15-6-5-10-23(13-15)18-12-14(2)22-20-16(18)7-4-8-17(20)25(26)27/h4,7-9,11-12,15H,3,5-6,10,13H2,1-2H3. The van der Waals surface area contributed by atoms with Crippen molar-refractivity contribution >= 4 is 22.3 Å². The van der Waals surface area contributed by atoms with Crippen molar-refractivity contribution in [1.29, 1.82) is 0 Å². The number of piperidine rings is 1. The maximum atomic E-state index is 11.4. The minimum absolute atomic E-state index is 0.0638. The topological polar surface area (TPSA) is 77.1 Å². The van der Waals surface area contributed by atoms with E-state index in [9.17, 15) is 10.1 Å². The average Bonchev–Trinajstić information content (AvgIpc) is 3.15. The third kappa shape index (κ3) is 3.13. The molecule has 3 aromatic rings. The van der Waals surface area contributed by atoms with Crippen LogP contribution in [0.3, 0.4) is 0 Å². The Morgan fingerprint density at radius 1 is 1.37 bits per heavy atom. The number of imidazole rings is 1. The van der Waals surface area contributed by atoms with Crippen LogP contribution >= 0.6 is 0 Å². The van der Waals surface area contributed by atoms with Crippen molar-refractivity contribution in [2.75, 3.05) is 18.0 Å². The molecule has 1 aliphatic rings. The molecule has 0 aliphatic carbocycles. The van der Waals surface area contributed by atoms with Gasteiger partial charge in [0.2, 0.25) is 0 Å². The van der Waals surface area contributed by atoms with Crippen LogP contribution in [0.1, 0.15) is 37.3 Å². The first kappa shape index (κ1) is 17.5. The maximum absolute atomic E-state index is 11.4. The molecule has 0 bridgehead atoms. The number of aryl methyl sites for hydroxylation is 2. The number of nitro groups is 1. The van der Waals surface area contributed by atoms with E-state index in [4.69, 9.17) is 0 Å². The molecular formula is C20H23N5O2. The molecule has 27 heavy (non-hydrogen) atoms. The lowest BCUT2D eigenvalue weighted by molar-refractivity contribution is -0.383. The smallest absolute Gasteiger partial charge is 0.295 e. The van der Waals surface area contributed by atoms with Crippen molar-refractivity contribution in [3.05, 3.63) is 58.3 Å². The first-order valence-electron chi connectivity index (χ1n) is 9.40. The normalized spacial score (nSPS) is 17.4. The number of rotatable bonds is 4. The van der Waals surface area contributed by atoms with Crippen molar-refractivity contribution < 1.29 is 4.92 Å². The minimum Gasteiger partial charge on any atom is -0.369 e. The summed E-state index contributed by atoms with van der Waals surface area (Å²) in [7, 11) is 0. The fourth-order valence-electron chi connectivity index (χ4n) is 4.10. The Morgan fingerprint density at radius 2 is 2.22 bits per heavy atom. The maximum Gasteiger partial charge on any atom is 0.295 e. The van der Waals surface area contributed by atoms with Crippen LogP contribution in [-0.4, -0.2) is 32.5 Å². The zero-order chi connectivity index (χ0) is 19.0. The predicted octanol–water partition coefficient (Wildman–Crippen LogP) is 4.05. The van der Waals surface area contributed by atoms with Gasteiger partial charge in [0.15, 0.2) is 5.52 Å². The predicted molar refractivity (Wildman–Crippen MR) is 105 cm³/mol. The number of fused-ring (bicyclic) bond motifs is 1. The third-order valence-electron chi connectivity index (χ3n) is 5.32. The number of hydrogen-bond donors (Lipinski definition) is 0. The molecule has 0 saturated carbocycles. The lowest BCUT2D eigenvalue weighted by atomic mass is 10.0. The fraction of sp³-hybridized carbons (Fsp3) is 0.400. The summed E-state index contributed by atoms with van der Waals surface area (Å²) in [6.07, 6.45) is 7.03. The molecule has 1 aromatic carbocycles. The van der Waals surface area contributed by atoms with Crippen molar-refractivity contribution in [3.8, 4) is 0 Å². The zero-order valence-corrected chi connectivity index (χ0v) is 15.6. The first-order chi connectivity index (χ1) is 13.1. The molecule has 7 nitrogen and oxygen atoms in total. The van der Waals surface area contributed by atoms with E-state index in [0.717, 1.165) is 54.9 Å². The summed E-state index contributed by atoms with van der Waals surface area (Å²) in [5, 5.41) is 12.3. The van der Waals surface area contributed by atoms with Gasteiger partial charge in [0.25, 0.3) is 5.69 Å². The van der Waals surface area contributed by atoms with Crippen LogP contribution in [0.4, 0.5) is 11.4 Å². The highest BCUT2D eigenvalue weighted by Gasteiger charge is 2.25. The molecule has 140 valence electrons. The number of nitro benzene ring substituents is 1. The Bertz CT molecular complexity index is 997. The molecule has 1 atom stereocenters. The minimum atomic E-state index is -0.351. The van der Waals surface area contributed by atoms with Gasteiger partial charge in [-0.15, -0.1) is 0 Å². The molecule has 4 rings (SSSR count). The second kappa shape index (κ2) is 6.98. The van der Waals surface area contributed by atoms with Gasteiger partial charge in [0.05, 0.1) is 11.0 Å². The SMILES string of the molecule is CCc1nccn1C1CCCN(c2cc(C)nc3c([N+](=O)[O-])cccc23)C1. The van der Waals surface area contributed by atoms with Crippen LogP contribution in [0, 0.1) is 17.0 Å². The van der Waals surface area contributed by atoms with Gasteiger partial charge in [-0.25, -0.2) is 9.97 Å². The highest BCUT2D eigenvalue weighted by Crippen LogP contribution is 2.35. The zero-order valence-electron chi connectivity index (χ0n) is 15.6. The number of para-hydroxylation sites is 1. The quantitative estimate of drug-likeness (QED) is 0.515. The second-order valence-corrected chi connectivity index (χ2v) is 7.06. The van der Waals surface area contributed by atoms with Gasteiger partial charge in [0.1, 0.15) is 5.82 Å². The lowest BCUT2D eigenvalue weighted by Gasteiger charge is -2.36. The molecule has 0 N–H and O–H groups in total. The van der Waals surface area contributed by atoms with Gasteiger partial charge in [-0.3, -0.25) is 10.1 Å². The molecular weight excluding hydrogens is 342 g/mol. The van der Waals surface area contributed by atoms with E-state index in [-0.39, 0.29) is 10.6 Å². The van der Waals surface area contributed by atoms with E-state index in [1.165, 1.54) is 6.07 Å². The van der Waals surface area contributed by atoms with Crippen LogP contribution < -0.4 is 4.90 Å². The number of non-ortho nitro benzene ring substituents is 1. The number of hydrogen-bond acceptors (Lipinski definition) is 5. The van der Waals surface area contributed by atoms with Crippen molar-refractivity contribution in [3.63, 3.8) is 0 Å². The van der Waals surface area contributed by atoms with E-state index < -0.39 is 0 Å². The van der Waals surface area contributed by atoms with Crippen molar-refractivity contribution in [1.82, 2.24) is 14.5 Å². The molecule has 1 fully saturated rings. The van der Waals surface area contributed by atoms with E-state index in [1.54, 1.807) is 6.07 Å². The summed E-state index contributed by atoms with van der Waals surface area (Å²) in [4.78, 5) is 22.4. The Hall–Kier alpha value is -2.96.